The monoisotopic (exact) mass is 349 g/mol. The van der Waals surface area contributed by atoms with E-state index in [0.29, 0.717) is 0 Å². The maximum absolute atomic E-state index is 3.62. The SMILES string of the molecule is Brc1ccc2[nH]c(-c3ccccc3)c(C3=CC=CCC3)c2c1. The number of nitrogens with one attached hydrogen (secondary N) is 1. The number of H-pyrrole nitrogens is 1. The fraction of sp³-hybridized carbons (Fsp3) is 0.100. The first-order valence-electron chi connectivity index (χ1n) is 7.55. The highest BCUT2D eigenvalue weighted by molar-refractivity contribution is 9.10. The summed E-state index contributed by atoms with van der Waals surface area (Å²) < 4.78 is 1.12. The van der Waals surface area contributed by atoms with E-state index >= 15 is 0 Å². The third-order valence-electron chi connectivity index (χ3n) is 4.16. The van der Waals surface area contributed by atoms with Crippen LogP contribution in [0.15, 0.2) is 71.2 Å². The second-order valence-corrected chi connectivity index (χ2v) is 6.51. The van der Waals surface area contributed by atoms with Crippen LogP contribution in [0.5, 0.6) is 0 Å². The van der Waals surface area contributed by atoms with E-state index in [9.17, 15) is 0 Å². The zero-order valence-corrected chi connectivity index (χ0v) is 13.7. The highest BCUT2D eigenvalue weighted by Crippen LogP contribution is 2.38. The fourth-order valence-electron chi connectivity index (χ4n) is 3.13. The highest BCUT2D eigenvalue weighted by Gasteiger charge is 2.17. The molecule has 1 aliphatic carbocycles. The highest BCUT2D eigenvalue weighted by atomic mass is 79.9. The Labute approximate surface area is 138 Å². The van der Waals surface area contributed by atoms with Crippen molar-refractivity contribution < 1.29 is 0 Å². The Morgan fingerprint density at radius 2 is 1.86 bits per heavy atom. The van der Waals surface area contributed by atoms with Gasteiger partial charge in [0.15, 0.2) is 0 Å². The molecule has 2 aromatic carbocycles. The van der Waals surface area contributed by atoms with Crippen molar-refractivity contribution >= 4 is 32.4 Å². The van der Waals surface area contributed by atoms with E-state index in [2.05, 4.69) is 87.7 Å². The summed E-state index contributed by atoms with van der Waals surface area (Å²) in [7, 11) is 0. The van der Waals surface area contributed by atoms with E-state index in [1.807, 2.05) is 0 Å². The molecule has 1 aromatic heterocycles. The Morgan fingerprint density at radius 3 is 2.64 bits per heavy atom. The molecule has 0 atom stereocenters. The molecule has 22 heavy (non-hydrogen) atoms. The van der Waals surface area contributed by atoms with Crippen molar-refractivity contribution in [2.45, 2.75) is 12.8 Å². The summed E-state index contributed by atoms with van der Waals surface area (Å²) in [5, 5.41) is 1.29. The van der Waals surface area contributed by atoms with Crippen molar-refractivity contribution in [3.05, 3.63) is 76.8 Å². The third-order valence-corrected chi connectivity index (χ3v) is 4.65. The number of fused-ring (bicyclic) bond motifs is 1. The van der Waals surface area contributed by atoms with Crippen LogP contribution >= 0.6 is 15.9 Å². The predicted molar refractivity (Wildman–Crippen MR) is 97.8 cm³/mol. The molecule has 0 radical (unpaired) electrons. The van der Waals surface area contributed by atoms with E-state index in [-0.39, 0.29) is 0 Å². The lowest BCUT2D eigenvalue weighted by atomic mass is 9.93. The molecule has 108 valence electrons. The van der Waals surface area contributed by atoms with E-state index in [1.54, 1.807) is 0 Å². The van der Waals surface area contributed by atoms with Crippen LogP contribution in [0.25, 0.3) is 27.7 Å². The lowest BCUT2D eigenvalue weighted by Gasteiger charge is -2.11. The number of hydrogen-bond acceptors (Lipinski definition) is 0. The molecule has 1 N–H and O–H groups in total. The minimum Gasteiger partial charge on any atom is -0.354 e. The Morgan fingerprint density at radius 1 is 1.00 bits per heavy atom. The normalized spacial score (nSPS) is 14.3. The number of hydrogen-bond donors (Lipinski definition) is 1. The lowest BCUT2D eigenvalue weighted by molar-refractivity contribution is 1.06. The smallest absolute Gasteiger partial charge is 0.0541 e. The molecule has 4 rings (SSSR count). The van der Waals surface area contributed by atoms with Crippen molar-refractivity contribution in [1.82, 2.24) is 4.98 Å². The van der Waals surface area contributed by atoms with E-state index in [0.717, 1.165) is 17.3 Å². The Balaban J connectivity index is 2.03. The summed E-state index contributed by atoms with van der Waals surface area (Å²) in [4.78, 5) is 3.62. The first kappa shape index (κ1) is 13.6. The van der Waals surface area contributed by atoms with Gasteiger partial charge in [-0.2, -0.15) is 0 Å². The summed E-state index contributed by atoms with van der Waals surface area (Å²) in [6.07, 6.45) is 8.86. The molecular weight excluding hydrogens is 334 g/mol. The molecule has 0 saturated carbocycles. The van der Waals surface area contributed by atoms with Gasteiger partial charge in [0.05, 0.1) is 5.69 Å². The van der Waals surface area contributed by atoms with Crippen molar-refractivity contribution in [3.63, 3.8) is 0 Å². The van der Waals surface area contributed by atoms with Crippen molar-refractivity contribution in [2.24, 2.45) is 0 Å². The van der Waals surface area contributed by atoms with Crippen LogP contribution in [-0.2, 0) is 0 Å². The number of aromatic nitrogens is 1. The van der Waals surface area contributed by atoms with Gasteiger partial charge in [0.25, 0.3) is 0 Å². The molecule has 0 amide bonds. The maximum atomic E-state index is 3.62. The van der Waals surface area contributed by atoms with Gasteiger partial charge in [-0.15, -0.1) is 0 Å². The van der Waals surface area contributed by atoms with Gasteiger partial charge in [0.1, 0.15) is 0 Å². The Bertz CT molecular complexity index is 885. The van der Waals surface area contributed by atoms with Gasteiger partial charge in [-0.1, -0.05) is 64.5 Å². The number of halogens is 1. The van der Waals surface area contributed by atoms with Crippen LogP contribution in [0, 0.1) is 0 Å². The predicted octanol–water partition coefficient (Wildman–Crippen LogP) is 6.33. The molecule has 0 unspecified atom stereocenters. The van der Waals surface area contributed by atoms with Gasteiger partial charge in [-0.25, -0.2) is 0 Å². The molecule has 2 heteroatoms. The molecule has 0 saturated heterocycles. The summed E-state index contributed by atoms with van der Waals surface area (Å²) in [5.41, 5.74) is 6.39. The molecule has 3 aromatic rings. The van der Waals surface area contributed by atoms with E-state index < -0.39 is 0 Å². The number of rotatable bonds is 2. The van der Waals surface area contributed by atoms with Gasteiger partial charge in [0, 0.05) is 20.9 Å². The molecule has 1 nitrogen and oxygen atoms in total. The molecule has 1 heterocycles. The Kier molecular flexibility index (Phi) is 3.47. The first-order valence-corrected chi connectivity index (χ1v) is 8.35. The largest absolute Gasteiger partial charge is 0.354 e. The molecular formula is C20H16BrN. The number of benzene rings is 2. The van der Waals surface area contributed by atoms with Crippen molar-refractivity contribution in [2.75, 3.05) is 0 Å². The second-order valence-electron chi connectivity index (χ2n) is 5.59. The lowest BCUT2D eigenvalue weighted by Crippen LogP contribution is -1.90. The maximum Gasteiger partial charge on any atom is 0.0541 e. The van der Waals surface area contributed by atoms with Crippen LogP contribution in [-0.4, -0.2) is 4.98 Å². The van der Waals surface area contributed by atoms with Crippen LogP contribution in [0.1, 0.15) is 18.4 Å². The number of allylic oxidation sites excluding steroid dienone is 4. The van der Waals surface area contributed by atoms with E-state index in [4.69, 9.17) is 0 Å². The standard InChI is InChI=1S/C20H16BrN/c21-16-11-12-18-17(13-16)19(14-7-3-1-4-8-14)20(22-18)15-9-5-2-6-10-15/h1-3,5-7,9-13,22H,4,8H2. The van der Waals surface area contributed by atoms with Gasteiger partial charge >= 0.3 is 0 Å². The molecule has 0 fully saturated rings. The third kappa shape index (κ3) is 2.34. The fourth-order valence-corrected chi connectivity index (χ4v) is 3.49. The first-order chi connectivity index (χ1) is 10.8. The minimum absolute atomic E-state index is 1.09. The topological polar surface area (TPSA) is 15.8 Å². The average molecular weight is 350 g/mol. The van der Waals surface area contributed by atoms with Crippen LogP contribution in [0.3, 0.4) is 0 Å². The van der Waals surface area contributed by atoms with Gasteiger partial charge in [0.2, 0.25) is 0 Å². The summed E-state index contributed by atoms with van der Waals surface area (Å²) in [6.45, 7) is 0. The Hall–Kier alpha value is -2.06. The van der Waals surface area contributed by atoms with Crippen molar-refractivity contribution in [3.8, 4) is 11.3 Å². The quantitative estimate of drug-likeness (QED) is 0.556. The minimum atomic E-state index is 1.09. The van der Waals surface area contributed by atoms with Crippen molar-refractivity contribution in [1.29, 1.82) is 0 Å². The average Bonchev–Trinajstić information content (AvgIpc) is 2.95. The molecule has 0 bridgehead atoms. The molecule has 0 aliphatic heterocycles. The van der Waals surface area contributed by atoms with Gasteiger partial charge < -0.3 is 4.98 Å². The van der Waals surface area contributed by atoms with Crippen LogP contribution < -0.4 is 0 Å². The van der Waals surface area contributed by atoms with E-state index in [1.165, 1.54) is 33.3 Å². The second kappa shape index (κ2) is 5.62. The van der Waals surface area contributed by atoms with Crippen LogP contribution in [0.4, 0.5) is 0 Å². The van der Waals surface area contributed by atoms with Gasteiger partial charge in [-0.3, -0.25) is 0 Å². The zero-order chi connectivity index (χ0) is 14.9. The summed E-state index contributed by atoms with van der Waals surface area (Å²) in [6, 6.07) is 17.0. The van der Waals surface area contributed by atoms with Crippen LogP contribution in [0.2, 0.25) is 0 Å². The molecule has 0 spiro atoms. The number of aromatic amines is 1. The summed E-state index contributed by atoms with van der Waals surface area (Å²) in [5.74, 6) is 0. The molecule has 1 aliphatic rings. The van der Waals surface area contributed by atoms with Gasteiger partial charge in [-0.05, 0) is 42.2 Å². The summed E-state index contributed by atoms with van der Waals surface area (Å²) >= 11 is 3.61. The zero-order valence-electron chi connectivity index (χ0n) is 12.1.